The summed E-state index contributed by atoms with van der Waals surface area (Å²) in [4.78, 5) is 36.5. The zero-order valence-electron chi connectivity index (χ0n) is 13.1. The van der Waals surface area contributed by atoms with E-state index in [1.165, 1.54) is 0 Å². The number of urea groups is 1. The molecule has 1 aliphatic carbocycles. The molecule has 0 aromatic heterocycles. The molecular weight excluding hydrogens is 270 g/mol. The lowest BCUT2D eigenvalue weighted by atomic mass is 9.82. The fourth-order valence-corrected chi connectivity index (χ4v) is 2.91. The number of carbonyl (C=O) groups excluding carboxylic acids is 3. The largest absolute Gasteiger partial charge is 0.344 e. The highest BCUT2D eigenvalue weighted by molar-refractivity contribution is 6.07. The third-order valence-corrected chi connectivity index (χ3v) is 4.75. The molecule has 118 valence electrons. The molecule has 6 heteroatoms. The van der Waals surface area contributed by atoms with Crippen LogP contribution in [0.15, 0.2) is 0 Å². The first-order valence-corrected chi connectivity index (χ1v) is 7.82. The average Bonchev–Trinajstić information content (AvgIpc) is 2.64. The first kappa shape index (κ1) is 15.8. The first-order valence-electron chi connectivity index (χ1n) is 7.82. The third kappa shape index (κ3) is 3.19. The molecule has 1 unspecified atom stereocenters. The molecule has 1 atom stereocenters. The number of hydrogen-bond donors (Lipinski definition) is 2. The topological polar surface area (TPSA) is 78.5 Å². The van der Waals surface area contributed by atoms with Crippen LogP contribution < -0.4 is 10.7 Å². The molecule has 4 amide bonds. The van der Waals surface area contributed by atoms with E-state index < -0.39 is 11.6 Å². The summed E-state index contributed by atoms with van der Waals surface area (Å²) in [5.41, 5.74) is 1.68. The van der Waals surface area contributed by atoms with Crippen LogP contribution in [0.4, 0.5) is 4.79 Å². The number of rotatable bonds is 4. The lowest BCUT2D eigenvalue weighted by Crippen LogP contribution is -2.51. The normalized spacial score (nSPS) is 22.6. The molecular formula is C15H25N3O3. The Morgan fingerprint density at radius 2 is 1.86 bits per heavy atom. The van der Waals surface area contributed by atoms with Crippen molar-refractivity contribution in [3.63, 3.8) is 0 Å². The van der Waals surface area contributed by atoms with Gasteiger partial charge in [0, 0.05) is 6.42 Å². The molecule has 0 aromatic carbocycles. The summed E-state index contributed by atoms with van der Waals surface area (Å²) in [7, 11) is 0. The number of carbonyl (C=O) groups is 3. The lowest BCUT2D eigenvalue weighted by Gasteiger charge is -2.30. The highest BCUT2D eigenvalue weighted by Gasteiger charge is 2.52. The minimum Gasteiger partial charge on any atom is -0.322 e. The Kier molecular flexibility index (Phi) is 4.54. The van der Waals surface area contributed by atoms with E-state index in [9.17, 15) is 14.4 Å². The molecule has 21 heavy (non-hydrogen) atoms. The summed E-state index contributed by atoms with van der Waals surface area (Å²) >= 11 is 0. The van der Waals surface area contributed by atoms with Gasteiger partial charge in [-0.15, -0.1) is 0 Å². The van der Waals surface area contributed by atoms with Crippen LogP contribution in [0.2, 0.25) is 0 Å². The van der Waals surface area contributed by atoms with Gasteiger partial charge in [0.15, 0.2) is 0 Å². The van der Waals surface area contributed by atoms with Crippen molar-refractivity contribution in [2.45, 2.75) is 64.8 Å². The molecule has 1 spiro atoms. The second-order valence-electron chi connectivity index (χ2n) is 6.67. The summed E-state index contributed by atoms with van der Waals surface area (Å²) in [6.07, 6.45) is 4.57. The maximum atomic E-state index is 12.5. The molecule has 2 N–H and O–H groups in total. The van der Waals surface area contributed by atoms with Crippen LogP contribution in [0.5, 0.6) is 0 Å². The predicted octanol–water partition coefficient (Wildman–Crippen LogP) is 1.95. The van der Waals surface area contributed by atoms with Crippen LogP contribution in [0, 0.1) is 11.8 Å². The van der Waals surface area contributed by atoms with E-state index in [1.807, 2.05) is 20.8 Å². The van der Waals surface area contributed by atoms with E-state index in [4.69, 9.17) is 0 Å². The lowest BCUT2D eigenvalue weighted by molar-refractivity contribution is -0.140. The van der Waals surface area contributed by atoms with Crippen molar-refractivity contribution in [1.82, 2.24) is 15.8 Å². The Balaban J connectivity index is 1.99. The van der Waals surface area contributed by atoms with Gasteiger partial charge in [-0.25, -0.2) is 4.79 Å². The van der Waals surface area contributed by atoms with Crippen LogP contribution in [0.1, 0.15) is 59.3 Å². The molecule has 1 saturated heterocycles. The van der Waals surface area contributed by atoms with Gasteiger partial charge in [-0.2, -0.15) is 5.01 Å². The van der Waals surface area contributed by atoms with E-state index in [0.717, 1.165) is 24.3 Å². The Hall–Kier alpha value is -1.59. The molecule has 1 heterocycles. The SMILES string of the molecule is CC(C)C(C)CC(=O)NN1C(=O)NC2(CCCCC2)C1=O. The molecule has 1 aliphatic heterocycles. The summed E-state index contributed by atoms with van der Waals surface area (Å²) in [5, 5.41) is 3.65. The van der Waals surface area contributed by atoms with Crippen molar-refractivity contribution in [1.29, 1.82) is 0 Å². The molecule has 6 nitrogen and oxygen atoms in total. The zero-order valence-corrected chi connectivity index (χ0v) is 13.1. The second kappa shape index (κ2) is 6.03. The molecule has 1 saturated carbocycles. The highest BCUT2D eigenvalue weighted by Crippen LogP contribution is 2.33. The third-order valence-electron chi connectivity index (χ3n) is 4.75. The fraction of sp³-hybridized carbons (Fsp3) is 0.800. The van der Waals surface area contributed by atoms with Gasteiger partial charge >= 0.3 is 6.03 Å². The van der Waals surface area contributed by atoms with Gasteiger partial charge in [0.1, 0.15) is 5.54 Å². The van der Waals surface area contributed by atoms with Crippen LogP contribution >= 0.6 is 0 Å². The number of imide groups is 1. The number of nitrogens with one attached hydrogen (secondary N) is 2. The number of nitrogens with zero attached hydrogens (tertiary/aromatic N) is 1. The summed E-state index contributed by atoms with van der Waals surface area (Å²) < 4.78 is 0. The van der Waals surface area contributed by atoms with Crippen molar-refractivity contribution >= 4 is 17.8 Å². The fourth-order valence-electron chi connectivity index (χ4n) is 2.91. The summed E-state index contributed by atoms with van der Waals surface area (Å²) in [6, 6.07) is -0.507. The van der Waals surface area contributed by atoms with Gasteiger partial charge in [0.25, 0.3) is 5.91 Å². The Labute approximate surface area is 125 Å². The van der Waals surface area contributed by atoms with E-state index in [-0.39, 0.29) is 17.7 Å². The maximum Gasteiger partial charge on any atom is 0.344 e. The van der Waals surface area contributed by atoms with Gasteiger partial charge in [-0.05, 0) is 24.7 Å². The molecule has 2 rings (SSSR count). The Morgan fingerprint density at radius 1 is 1.24 bits per heavy atom. The molecule has 0 radical (unpaired) electrons. The molecule has 0 bridgehead atoms. The second-order valence-corrected chi connectivity index (χ2v) is 6.67. The van der Waals surface area contributed by atoms with Gasteiger partial charge in [0.05, 0.1) is 0 Å². The van der Waals surface area contributed by atoms with Crippen LogP contribution in [0.25, 0.3) is 0 Å². The predicted molar refractivity (Wildman–Crippen MR) is 78.0 cm³/mol. The van der Waals surface area contributed by atoms with Crippen molar-refractivity contribution in [2.24, 2.45) is 11.8 Å². The minimum absolute atomic E-state index is 0.203. The van der Waals surface area contributed by atoms with Gasteiger partial charge in [-0.3, -0.25) is 15.0 Å². The summed E-state index contributed by atoms with van der Waals surface area (Å²) in [5.74, 6) is -0.0109. The van der Waals surface area contributed by atoms with Crippen LogP contribution in [-0.4, -0.2) is 28.4 Å². The smallest absolute Gasteiger partial charge is 0.322 e. The van der Waals surface area contributed by atoms with E-state index in [0.29, 0.717) is 25.2 Å². The number of hydrogen-bond acceptors (Lipinski definition) is 3. The minimum atomic E-state index is -0.785. The summed E-state index contributed by atoms with van der Waals surface area (Å²) in [6.45, 7) is 6.07. The Bertz CT molecular complexity index is 441. The van der Waals surface area contributed by atoms with Crippen molar-refractivity contribution in [3.8, 4) is 0 Å². The van der Waals surface area contributed by atoms with Crippen molar-refractivity contribution in [2.75, 3.05) is 0 Å². The average molecular weight is 295 g/mol. The van der Waals surface area contributed by atoms with Gasteiger partial charge in [0.2, 0.25) is 5.91 Å². The number of amides is 4. The van der Waals surface area contributed by atoms with Crippen LogP contribution in [0.3, 0.4) is 0 Å². The van der Waals surface area contributed by atoms with Gasteiger partial charge in [-0.1, -0.05) is 40.0 Å². The zero-order chi connectivity index (χ0) is 15.6. The molecule has 2 aliphatic rings. The van der Waals surface area contributed by atoms with Gasteiger partial charge < -0.3 is 5.32 Å². The van der Waals surface area contributed by atoms with Crippen molar-refractivity contribution in [3.05, 3.63) is 0 Å². The standard InChI is InChI=1S/C15H25N3O3/c1-10(2)11(3)9-12(19)17-18-13(20)15(16-14(18)21)7-5-4-6-8-15/h10-11H,4-9H2,1-3H3,(H,16,21)(H,17,19). The highest BCUT2D eigenvalue weighted by atomic mass is 16.2. The molecule has 0 aromatic rings. The Morgan fingerprint density at radius 3 is 2.43 bits per heavy atom. The van der Waals surface area contributed by atoms with E-state index in [2.05, 4.69) is 10.7 Å². The first-order chi connectivity index (χ1) is 9.85. The van der Waals surface area contributed by atoms with E-state index in [1.54, 1.807) is 0 Å². The maximum absolute atomic E-state index is 12.5. The van der Waals surface area contributed by atoms with Crippen LogP contribution in [-0.2, 0) is 9.59 Å². The van der Waals surface area contributed by atoms with E-state index >= 15 is 0 Å². The van der Waals surface area contributed by atoms with Crippen molar-refractivity contribution < 1.29 is 14.4 Å². The quantitative estimate of drug-likeness (QED) is 0.778. The molecule has 2 fully saturated rings. The number of hydrazine groups is 1. The monoisotopic (exact) mass is 295 g/mol.